The van der Waals surface area contributed by atoms with Crippen molar-refractivity contribution < 1.29 is 5.11 Å². The molecule has 0 amide bonds. The highest BCUT2D eigenvalue weighted by atomic mass is 35.5. The molecule has 2 aromatic carbocycles. The predicted molar refractivity (Wildman–Crippen MR) is 75.5 cm³/mol. The van der Waals surface area contributed by atoms with Crippen molar-refractivity contribution in [1.29, 1.82) is 0 Å². The van der Waals surface area contributed by atoms with Gasteiger partial charge in [-0.3, -0.25) is 0 Å². The lowest BCUT2D eigenvalue weighted by molar-refractivity contribution is 0.276. The van der Waals surface area contributed by atoms with Gasteiger partial charge in [0.1, 0.15) is 0 Å². The summed E-state index contributed by atoms with van der Waals surface area (Å²) in [7, 11) is 0. The Bertz CT molecular complexity index is 510. The van der Waals surface area contributed by atoms with E-state index in [0.29, 0.717) is 6.42 Å². The summed E-state index contributed by atoms with van der Waals surface area (Å²) in [5.41, 5.74) is 9.05. The zero-order valence-corrected chi connectivity index (χ0v) is 10.8. The summed E-state index contributed by atoms with van der Waals surface area (Å²) in [6.45, 7) is 0.105. The van der Waals surface area contributed by atoms with Crippen LogP contribution < -0.4 is 5.73 Å². The van der Waals surface area contributed by atoms with Crippen LogP contribution in [0.1, 0.15) is 18.0 Å². The summed E-state index contributed by atoms with van der Waals surface area (Å²) in [6, 6.07) is 15.6. The maximum atomic E-state index is 8.87. The van der Waals surface area contributed by atoms with Gasteiger partial charge in [-0.25, -0.2) is 0 Å². The Morgan fingerprint density at radius 1 is 1.06 bits per heavy atom. The molecule has 3 heteroatoms. The minimum absolute atomic E-state index is 0.105. The Hall–Kier alpha value is -1.35. The van der Waals surface area contributed by atoms with Gasteiger partial charge in [0.05, 0.1) is 0 Å². The molecular formula is C15H16ClNO. The molecule has 0 aliphatic carbocycles. The van der Waals surface area contributed by atoms with E-state index in [9.17, 15) is 0 Å². The van der Waals surface area contributed by atoms with Crippen molar-refractivity contribution in [3.63, 3.8) is 0 Å². The zero-order valence-electron chi connectivity index (χ0n) is 10.0. The number of aliphatic hydroxyl groups is 1. The number of hydrogen-bond donors (Lipinski definition) is 2. The topological polar surface area (TPSA) is 46.2 Å². The van der Waals surface area contributed by atoms with Crippen molar-refractivity contribution in [3.8, 4) is 11.1 Å². The Labute approximate surface area is 112 Å². The number of nitrogens with two attached hydrogens (primary N) is 1. The third kappa shape index (κ3) is 2.91. The monoisotopic (exact) mass is 261 g/mol. The maximum Gasteiger partial charge on any atom is 0.0484 e. The molecule has 2 nitrogen and oxygen atoms in total. The average molecular weight is 262 g/mol. The van der Waals surface area contributed by atoms with Crippen molar-refractivity contribution in [3.05, 3.63) is 59.1 Å². The molecule has 0 spiro atoms. The summed E-state index contributed by atoms with van der Waals surface area (Å²) in [5.74, 6) is 0. The van der Waals surface area contributed by atoms with E-state index in [0.717, 1.165) is 21.7 Å². The molecule has 0 aromatic heterocycles. The fourth-order valence-corrected chi connectivity index (χ4v) is 2.16. The molecule has 0 aliphatic heterocycles. The van der Waals surface area contributed by atoms with Crippen LogP contribution in [0.4, 0.5) is 0 Å². The van der Waals surface area contributed by atoms with E-state index in [-0.39, 0.29) is 12.6 Å². The largest absolute Gasteiger partial charge is 0.396 e. The second kappa shape index (κ2) is 6.01. The summed E-state index contributed by atoms with van der Waals surface area (Å²) in [4.78, 5) is 0. The molecular weight excluding hydrogens is 246 g/mol. The van der Waals surface area contributed by atoms with E-state index in [1.165, 1.54) is 0 Å². The van der Waals surface area contributed by atoms with E-state index in [2.05, 4.69) is 0 Å². The van der Waals surface area contributed by atoms with Gasteiger partial charge in [-0.1, -0.05) is 54.1 Å². The summed E-state index contributed by atoms with van der Waals surface area (Å²) >= 11 is 6.15. The van der Waals surface area contributed by atoms with E-state index in [1.807, 2.05) is 48.5 Å². The molecule has 0 saturated carbocycles. The van der Waals surface area contributed by atoms with Crippen LogP contribution >= 0.6 is 11.6 Å². The third-order valence-corrected chi connectivity index (χ3v) is 3.29. The lowest BCUT2D eigenvalue weighted by Gasteiger charge is -2.11. The van der Waals surface area contributed by atoms with Crippen LogP contribution in [-0.2, 0) is 0 Å². The maximum absolute atomic E-state index is 8.87. The first-order valence-corrected chi connectivity index (χ1v) is 6.31. The fraction of sp³-hybridized carbons (Fsp3) is 0.200. The molecule has 0 aliphatic rings. The molecule has 2 aromatic rings. The number of benzene rings is 2. The first-order valence-electron chi connectivity index (χ1n) is 5.93. The number of hydrogen-bond acceptors (Lipinski definition) is 2. The summed E-state index contributed by atoms with van der Waals surface area (Å²) < 4.78 is 0. The van der Waals surface area contributed by atoms with Gasteiger partial charge >= 0.3 is 0 Å². The molecule has 1 unspecified atom stereocenters. The lowest BCUT2D eigenvalue weighted by Crippen LogP contribution is -2.11. The molecule has 1 atom stereocenters. The van der Waals surface area contributed by atoms with Gasteiger partial charge in [-0.15, -0.1) is 0 Å². The van der Waals surface area contributed by atoms with Gasteiger partial charge in [0.25, 0.3) is 0 Å². The van der Waals surface area contributed by atoms with Crippen molar-refractivity contribution >= 4 is 11.6 Å². The Morgan fingerprint density at radius 3 is 2.33 bits per heavy atom. The Balaban J connectivity index is 2.25. The second-order valence-electron chi connectivity index (χ2n) is 4.22. The molecule has 0 bridgehead atoms. The van der Waals surface area contributed by atoms with Crippen LogP contribution in [0.25, 0.3) is 11.1 Å². The first kappa shape index (κ1) is 13.1. The van der Waals surface area contributed by atoms with Crippen LogP contribution in [0.2, 0.25) is 5.02 Å². The van der Waals surface area contributed by atoms with Crippen LogP contribution in [-0.4, -0.2) is 11.7 Å². The molecule has 0 fully saturated rings. The van der Waals surface area contributed by atoms with Crippen molar-refractivity contribution in [2.75, 3.05) is 6.61 Å². The lowest BCUT2D eigenvalue weighted by atomic mass is 10.00. The molecule has 18 heavy (non-hydrogen) atoms. The minimum atomic E-state index is -0.115. The number of aliphatic hydroxyl groups excluding tert-OH is 1. The predicted octanol–water partition coefficient (Wildman–Crippen LogP) is 3.39. The smallest absolute Gasteiger partial charge is 0.0484 e. The number of rotatable bonds is 4. The molecule has 0 heterocycles. The van der Waals surface area contributed by atoms with Gasteiger partial charge in [-0.05, 0) is 23.6 Å². The third-order valence-electron chi connectivity index (χ3n) is 2.96. The van der Waals surface area contributed by atoms with Gasteiger partial charge in [-0.2, -0.15) is 0 Å². The van der Waals surface area contributed by atoms with Crippen molar-refractivity contribution in [1.82, 2.24) is 0 Å². The minimum Gasteiger partial charge on any atom is -0.396 e. The highest BCUT2D eigenvalue weighted by Crippen LogP contribution is 2.28. The van der Waals surface area contributed by atoms with Gasteiger partial charge < -0.3 is 10.8 Å². The Morgan fingerprint density at radius 2 is 1.72 bits per heavy atom. The van der Waals surface area contributed by atoms with E-state index in [4.69, 9.17) is 22.4 Å². The normalized spacial score (nSPS) is 12.4. The van der Waals surface area contributed by atoms with Crippen molar-refractivity contribution in [2.45, 2.75) is 12.5 Å². The van der Waals surface area contributed by atoms with Gasteiger partial charge in [0.15, 0.2) is 0 Å². The SMILES string of the molecule is NC(CCO)c1ccc(-c2ccccc2Cl)cc1. The average Bonchev–Trinajstić information content (AvgIpc) is 2.40. The van der Waals surface area contributed by atoms with E-state index >= 15 is 0 Å². The fourth-order valence-electron chi connectivity index (χ4n) is 1.91. The summed E-state index contributed by atoms with van der Waals surface area (Å²) in [5, 5.41) is 9.61. The Kier molecular flexibility index (Phi) is 4.37. The van der Waals surface area contributed by atoms with Crippen LogP contribution in [0.5, 0.6) is 0 Å². The van der Waals surface area contributed by atoms with Crippen LogP contribution in [0.3, 0.4) is 0 Å². The van der Waals surface area contributed by atoms with Crippen LogP contribution in [0.15, 0.2) is 48.5 Å². The van der Waals surface area contributed by atoms with Gasteiger partial charge in [0, 0.05) is 23.2 Å². The van der Waals surface area contributed by atoms with Crippen LogP contribution in [0, 0.1) is 0 Å². The standard InChI is InChI=1S/C15H16ClNO/c16-14-4-2-1-3-13(14)11-5-7-12(8-6-11)15(17)9-10-18/h1-8,15,18H,9-10,17H2. The highest BCUT2D eigenvalue weighted by molar-refractivity contribution is 6.33. The van der Waals surface area contributed by atoms with E-state index < -0.39 is 0 Å². The van der Waals surface area contributed by atoms with E-state index in [1.54, 1.807) is 0 Å². The first-order chi connectivity index (χ1) is 8.72. The zero-order chi connectivity index (χ0) is 13.0. The highest BCUT2D eigenvalue weighted by Gasteiger charge is 2.06. The quantitative estimate of drug-likeness (QED) is 0.886. The van der Waals surface area contributed by atoms with Crippen molar-refractivity contribution in [2.24, 2.45) is 5.73 Å². The summed E-state index contributed by atoms with van der Waals surface area (Å²) in [6.07, 6.45) is 0.575. The molecule has 0 saturated heterocycles. The number of halogens is 1. The van der Waals surface area contributed by atoms with Gasteiger partial charge in [0.2, 0.25) is 0 Å². The molecule has 2 rings (SSSR count). The molecule has 0 radical (unpaired) electrons. The molecule has 94 valence electrons. The second-order valence-corrected chi connectivity index (χ2v) is 4.63. The molecule has 3 N–H and O–H groups in total.